The van der Waals surface area contributed by atoms with E-state index in [1.54, 1.807) is 36.4 Å². The number of anilines is 1. The van der Waals surface area contributed by atoms with Gasteiger partial charge in [-0.1, -0.05) is 35.3 Å². The minimum Gasteiger partial charge on any atom is -0.442 e. The van der Waals surface area contributed by atoms with Gasteiger partial charge < -0.3 is 10.5 Å². The first-order chi connectivity index (χ1) is 10.5. The van der Waals surface area contributed by atoms with Gasteiger partial charge in [0, 0.05) is 33.3 Å². The van der Waals surface area contributed by atoms with Crippen LogP contribution in [0.25, 0.3) is 0 Å². The highest BCUT2D eigenvalue weighted by Crippen LogP contribution is 2.45. The zero-order valence-corrected chi connectivity index (χ0v) is 12.8. The summed E-state index contributed by atoms with van der Waals surface area (Å²) in [5.41, 5.74) is 7.81. The summed E-state index contributed by atoms with van der Waals surface area (Å²) in [6.07, 6.45) is 0. The Morgan fingerprint density at radius 1 is 1.14 bits per heavy atom. The summed E-state index contributed by atoms with van der Waals surface area (Å²) in [7, 11) is 0. The topological polar surface area (TPSA) is 82.9 Å². The summed E-state index contributed by atoms with van der Waals surface area (Å²) in [5.74, 6) is -0.787. The lowest BCUT2D eigenvalue weighted by Gasteiger charge is -2.31. The molecule has 2 atom stereocenters. The Balaban J connectivity index is 2.23. The van der Waals surface area contributed by atoms with E-state index in [0.29, 0.717) is 21.5 Å². The molecule has 1 aliphatic heterocycles. The molecule has 0 spiro atoms. The van der Waals surface area contributed by atoms with Gasteiger partial charge in [0.2, 0.25) is 5.90 Å². The van der Waals surface area contributed by atoms with Crippen LogP contribution in [0.5, 0.6) is 5.75 Å². The van der Waals surface area contributed by atoms with Crippen molar-refractivity contribution >= 4 is 34.8 Å². The van der Waals surface area contributed by atoms with Crippen molar-refractivity contribution in [2.45, 2.75) is 5.92 Å². The molecule has 1 heterocycles. The molecule has 0 fully saturated rings. The number of nitrogen functional groups attached to an aromatic ring is 1. The van der Waals surface area contributed by atoms with Crippen LogP contribution in [0.15, 0.2) is 36.4 Å². The van der Waals surface area contributed by atoms with E-state index in [9.17, 15) is 5.26 Å². The lowest BCUT2D eigenvalue weighted by molar-refractivity contribution is 0.451. The van der Waals surface area contributed by atoms with Gasteiger partial charge >= 0.3 is 0 Å². The first kappa shape index (κ1) is 14.7. The van der Waals surface area contributed by atoms with Gasteiger partial charge in [-0.2, -0.15) is 5.26 Å². The Bertz CT molecular complexity index is 814. The summed E-state index contributed by atoms with van der Waals surface area (Å²) in [5, 5.41) is 18.4. The highest BCUT2D eigenvalue weighted by atomic mass is 35.5. The van der Waals surface area contributed by atoms with E-state index in [4.69, 9.17) is 39.1 Å². The van der Waals surface area contributed by atoms with Gasteiger partial charge in [-0.3, -0.25) is 5.41 Å². The molecule has 22 heavy (non-hydrogen) atoms. The second-order valence-electron chi connectivity index (χ2n) is 5.01. The van der Waals surface area contributed by atoms with E-state index in [1.165, 1.54) is 0 Å². The van der Waals surface area contributed by atoms with Crippen LogP contribution in [0, 0.1) is 22.7 Å². The fraction of sp³-hybridized carbons (Fsp3) is 0.125. The number of ether oxygens (including phenoxy) is 1. The number of hydrogen-bond donors (Lipinski definition) is 2. The molecule has 0 saturated carbocycles. The van der Waals surface area contributed by atoms with Crippen molar-refractivity contribution in [3.05, 3.63) is 57.6 Å². The highest BCUT2D eigenvalue weighted by molar-refractivity contribution is 6.35. The van der Waals surface area contributed by atoms with E-state index in [1.807, 2.05) is 0 Å². The van der Waals surface area contributed by atoms with Gasteiger partial charge in [-0.25, -0.2) is 0 Å². The van der Waals surface area contributed by atoms with Gasteiger partial charge in [-0.15, -0.1) is 0 Å². The number of hydrogen-bond acceptors (Lipinski definition) is 4. The van der Waals surface area contributed by atoms with Gasteiger partial charge in [0.25, 0.3) is 0 Å². The van der Waals surface area contributed by atoms with Gasteiger partial charge in [0.15, 0.2) is 0 Å². The van der Waals surface area contributed by atoms with Crippen LogP contribution in [-0.4, -0.2) is 5.90 Å². The van der Waals surface area contributed by atoms with Crippen LogP contribution in [0.2, 0.25) is 10.0 Å². The average molecular weight is 332 g/mol. The van der Waals surface area contributed by atoms with Crippen LogP contribution < -0.4 is 10.5 Å². The number of rotatable bonds is 1. The van der Waals surface area contributed by atoms with Gasteiger partial charge in [0.05, 0.1) is 6.07 Å². The second-order valence-corrected chi connectivity index (χ2v) is 5.86. The first-order valence-corrected chi connectivity index (χ1v) is 7.27. The SMILES string of the molecule is N#CC1C(=N)Oc2cc(N)ccc2C1c1ccc(Cl)cc1Cl. The van der Waals surface area contributed by atoms with Crippen LogP contribution in [0.3, 0.4) is 0 Å². The van der Waals surface area contributed by atoms with Crippen LogP contribution >= 0.6 is 23.2 Å². The number of nitrogens with one attached hydrogen (secondary N) is 1. The molecule has 0 amide bonds. The van der Waals surface area contributed by atoms with Gasteiger partial charge in [0.1, 0.15) is 11.7 Å². The molecule has 0 radical (unpaired) electrons. The first-order valence-electron chi connectivity index (χ1n) is 6.51. The maximum atomic E-state index is 9.45. The van der Waals surface area contributed by atoms with Crippen molar-refractivity contribution in [3.63, 3.8) is 0 Å². The summed E-state index contributed by atoms with van der Waals surface area (Å²) in [4.78, 5) is 0. The van der Waals surface area contributed by atoms with Crippen LogP contribution in [-0.2, 0) is 0 Å². The minimum atomic E-state index is -0.755. The Morgan fingerprint density at radius 3 is 2.55 bits per heavy atom. The van der Waals surface area contributed by atoms with Crippen molar-refractivity contribution in [1.29, 1.82) is 10.7 Å². The minimum absolute atomic E-state index is 0.114. The fourth-order valence-electron chi connectivity index (χ4n) is 2.64. The largest absolute Gasteiger partial charge is 0.442 e. The number of fused-ring (bicyclic) bond motifs is 1. The Labute approximate surface area is 137 Å². The molecule has 0 bridgehead atoms. The van der Waals surface area contributed by atoms with E-state index in [-0.39, 0.29) is 5.90 Å². The lowest BCUT2D eigenvalue weighted by Crippen LogP contribution is -2.31. The summed E-state index contributed by atoms with van der Waals surface area (Å²) >= 11 is 12.2. The lowest BCUT2D eigenvalue weighted by atomic mass is 9.79. The van der Waals surface area contributed by atoms with Crippen molar-refractivity contribution in [1.82, 2.24) is 0 Å². The highest BCUT2D eigenvalue weighted by Gasteiger charge is 2.37. The monoisotopic (exact) mass is 331 g/mol. The normalized spacial score (nSPS) is 20.0. The molecule has 3 N–H and O–H groups in total. The van der Waals surface area contributed by atoms with Crippen LogP contribution in [0.4, 0.5) is 5.69 Å². The maximum absolute atomic E-state index is 9.45. The number of nitrogens with two attached hydrogens (primary N) is 1. The predicted octanol–water partition coefficient (Wildman–Crippen LogP) is 4.22. The Hall–Kier alpha value is -2.22. The summed E-state index contributed by atoms with van der Waals surface area (Å²) in [6, 6.07) is 12.4. The Morgan fingerprint density at radius 2 is 1.86 bits per heavy atom. The third-order valence-corrected chi connectivity index (χ3v) is 4.21. The zero-order valence-electron chi connectivity index (χ0n) is 11.3. The van der Waals surface area contributed by atoms with Crippen LogP contribution in [0.1, 0.15) is 17.0 Å². The molecule has 4 nitrogen and oxygen atoms in total. The van der Waals surface area contributed by atoms with E-state index >= 15 is 0 Å². The smallest absolute Gasteiger partial charge is 0.205 e. The Kier molecular flexibility index (Phi) is 3.69. The number of nitriles is 1. The van der Waals surface area contributed by atoms with Crippen molar-refractivity contribution in [2.75, 3.05) is 5.73 Å². The molecule has 3 rings (SSSR count). The predicted molar refractivity (Wildman–Crippen MR) is 86.6 cm³/mol. The van der Waals surface area contributed by atoms with E-state index in [2.05, 4.69) is 6.07 Å². The maximum Gasteiger partial charge on any atom is 0.205 e. The zero-order chi connectivity index (χ0) is 15.9. The number of nitrogens with zero attached hydrogens (tertiary/aromatic N) is 1. The third kappa shape index (κ3) is 2.39. The van der Waals surface area contributed by atoms with Crippen molar-refractivity contribution in [3.8, 4) is 11.8 Å². The second kappa shape index (κ2) is 5.53. The fourth-order valence-corrected chi connectivity index (χ4v) is 3.17. The molecule has 0 aliphatic carbocycles. The molecule has 2 aromatic carbocycles. The molecular formula is C16H11Cl2N3O. The van der Waals surface area contributed by atoms with E-state index in [0.717, 1.165) is 11.1 Å². The third-order valence-electron chi connectivity index (χ3n) is 3.65. The number of benzene rings is 2. The van der Waals surface area contributed by atoms with Crippen molar-refractivity contribution in [2.24, 2.45) is 5.92 Å². The average Bonchev–Trinajstić information content (AvgIpc) is 2.46. The molecule has 1 aliphatic rings. The number of halogens is 2. The molecule has 2 aromatic rings. The molecule has 110 valence electrons. The quantitative estimate of drug-likeness (QED) is 0.767. The molecule has 2 unspecified atom stereocenters. The standard InChI is InChI=1S/C16H11Cl2N3O/c17-8-1-3-10(13(18)5-8)15-11-4-2-9(20)6-14(11)22-16(21)12(15)7-19/h1-6,12,15,21H,20H2. The van der Waals surface area contributed by atoms with Gasteiger partial charge in [-0.05, 0) is 23.8 Å². The molecule has 0 saturated heterocycles. The summed E-state index contributed by atoms with van der Waals surface area (Å²) in [6.45, 7) is 0. The molecule has 0 aromatic heterocycles. The summed E-state index contributed by atoms with van der Waals surface area (Å²) < 4.78 is 5.44. The van der Waals surface area contributed by atoms with Crippen molar-refractivity contribution < 1.29 is 4.74 Å². The molecular weight excluding hydrogens is 321 g/mol. The molecule has 6 heteroatoms. The van der Waals surface area contributed by atoms with E-state index < -0.39 is 11.8 Å².